The van der Waals surface area contributed by atoms with Crippen LogP contribution in [0.5, 0.6) is 0 Å². The predicted octanol–water partition coefficient (Wildman–Crippen LogP) is -2.11. The Morgan fingerprint density at radius 2 is 0.556 bits per heavy atom. The number of hydrogen-bond acceptors (Lipinski definition) is 8. The van der Waals surface area contributed by atoms with Crippen molar-refractivity contribution in [2.45, 2.75) is 6.17 Å². The van der Waals surface area contributed by atoms with Crippen molar-refractivity contribution in [3.05, 3.63) is 41.2 Å². The molecule has 0 aliphatic carbocycles. The molecular formula is C22H48GdN8O5-6. The summed E-state index contributed by atoms with van der Waals surface area (Å²) in [5.74, 6) is -0.787. The molecule has 0 saturated heterocycles. The van der Waals surface area contributed by atoms with E-state index in [-0.39, 0.29) is 69.5 Å². The van der Waals surface area contributed by atoms with Gasteiger partial charge < -0.3 is 100 Å². The Labute approximate surface area is 251 Å². The SMILES string of the molecule is N[CH-]C(N)N.[CH2-]C(=O)N(C)C.[CH2-]C(=O)N(C)C.[CH2-]C(=O)N(C)C.[CH2-]C(=O)N(C)C.[CH2-]C(=O)N(C)C.[Gd]. The van der Waals surface area contributed by atoms with Crippen LogP contribution >= 0.6 is 0 Å². The largest absolute Gasteiger partial charge is 0.481 e. The van der Waals surface area contributed by atoms with Crippen LogP contribution in [-0.4, -0.2) is 131 Å². The van der Waals surface area contributed by atoms with Gasteiger partial charge in [-0.2, -0.15) is 0 Å². The van der Waals surface area contributed by atoms with E-state index in [0.717, 1.165) is 0 Å². The number of rotatable bonds is 1. The Morgan fingerprint density at radius 1 is 0.500 bits per heavy atom. The van der Waals surface area contributed by atoms with Gasteiger partial charge in [-0.25, -0.2) is 6.54 Å². The first-order valence-electron chi connectivity index (χ1n) is 9.71. The number of nitrogens with zero attached hydrogens (tertiary/aromatic N) is 5. The Hall–Kier alpha value is -2.10. The van der Waals surface area contributed by atoms with Crippen molar-refractivity contribution in [3.63, 3.8) is 0 Å². The zero-order chi connectivity index (χ0) is 30.1. The van der Waals surface area contributed by atoms with E-state index in [4.69, 9.17) is 17.2 Å². The molecule has 0 atom stereocenters. The summed E-state index contributed by atoms with van der Waals surface area (Å²) in [6, 6.07) is 0. The first-order chi connectivity index (χ1) is 15.5. The molecule has 0 aliphatic rings. The van der Waals surface area contributed by atoms with Gasteiger partial charge in [-0.3, -0.25) is 0 Å². The molecule has 6 N–H and O–H groups in total. The number of carbonyl (C=O) groups is 5. The van der Waals surface area contributed by atoms with Crippen molar-refractivity contribution in [1.29, 1.82) is 0 Å². The molecule has 0 rings (SSSR count). The molecule has 0 aromatic carbocycles. The maximum atomic E-state index is 9.96. The monoisotopic (exact) mass is 662 g/mol. The Kier molecular flexibility index (Phi) is 46.4. The van der Waals surface area contributed by atoms with Gasteiger partial charge in [0, 0.05) is 110 Å². The first kappa shape index (κ1) is 50.7. The minimum atomic E-state index is -0.463. The standard InChI is InChI=1S/5C4H8NO.C2H8N3.Gd/c5*1-4(6)5(2)3;3-1-2(4)5;/h5*1H2,2-3H3;1-2H,3-5H2;/q6*-1;. The van der Waals surface area contributed by atoms with E-state index in [0.29, 0.717) is 0 Å². The molecule has 36 heavy (non-hydrogen) atoms. The van der Waals surface area contributed by atoms with Gasteiger partial charge in [-0.05, 0) is 0 Å². The van der Waals surface area contributed by atoms with Crippen molar-refractivity contribution in [3.8, 4) is 0 Å². The number of carbonyl (C=O) groups excluding carboxylic acids is 5. The molecule has 220 valence electrons. The van der Waals surface area contributed by atoms with Crippen LogP contribution in [0.25, 0.3) is 0 Å². The van der Waals surface area contributed by atoms with Crippen molar-refractivity contribution in [1.82, 2.24) is 24.5 Å². The van der Waals surface area contributed by atoms with Crippen LogP contribution in [-0.2, 0) is 24.0 Å². The van der Waals surface area contributed by atoms with Gasteiger partial charge in [0.1, 0.15) is 0 Å². The average Bonchev–Trinajstić information content (AvgIpc) is 2.69. The maximum Gasteiger partial charge on any atom is 0.0817 e. The molecule has 14 heteroatoms. The number of amides is 5. The topological polar surface area (TPSA) is 180 Å². The van der Waals surface area contributed by atoms with Gasteiger partial charge in [-0.1, -0.05) is 6.17 Å². The van der Waals surface area contributed by atoms with E-state index in [1.807, 2.05) is 0 Å². The molecule has 0 aromatic heterocycles. The molecule has 0 radical (unpaired) electrons. The van der Waals surface area contributed by atoms with Crippen LogP contribution in [0.1, 0.15) is 0 Å². The molecule has 5 amide bonds. The second kappa shape index (κ2) is 32.9. The van der Waals surface area contributed by atoms with Crippen LogP contribution in [0.4, 0.5) is 0 Å². The third-order valence-electron chi connectivity index (χ3n) is 2.72. The summed E-state index contributed by atoms with van der Waals surface area (Å²) in [7, 11) is 16.6. The van der Waals surface area contributed by atoms with Gasteiger partial charge in [0.25, 0.3) is 0 Å². The molecule has 0 aliphatic heterocycles. The third kappa shape index (κ3) is 76.9. The van der Waals surface area contributed by atoms with Gasteiger partial charge in [0.2, 0.25) is 0 Å². The van der Waals surface area contributed by atoms with Crippen molar-refractivity contribution in [2.75, 3.05) is 70.5 Å². The second-order valence-corrected chi connectivity index (χ2v) is 7.21. The quantitative estimate of drug-likeness (QED) is 0.211. The van der Waals surface area contributed by atoms with E-state index in [1.165, 1.54) is 31.0 Å². The van der Waals surface area contributed by atoms with Gasteiger partial charge in [-0.15, -0.1) is 0 Å². The summed E-state index contributed by atoms with van der Waals surface area (Å²) in [6.45, 7) is 16.8. The molecule has 0 saturated carbocycles. The van der Waals surface area contributed by atoms with Crippen LogP contribution in [0.3, 0.4) is 0 Å². The molecule has 0 unspecified atom stereocenters. The van der Waals surface area contributed by atoms with E-state index in [2.05, 4.69) is 34.6 Å². The van der Waals surface area contributed by atoms with E-state index in [9.17, 15) is 24.0 Å². The maximum absolute atomic E-state index is 9.96. The predicted molar refractivity (Wildman–Crippen MR) is 141 cm³/mol. The average molecular weight is 662 g/mol. The molecule has 0 aromatic rings. The first-order valence-corrected chi connectivity index (χ1v) is 9.71. The number of hydrogen-bond donors (Lipinski definition) is 3. The van der Waals surface area contributed by atoms with Crippen LogP contribution in [0, 0.1) is 81.1 Å². The van der Waals surface area contributed by atoms with Crippen molar-refractivity contribution >= 4 is 29.5 Å². The summed E-state index contributed by atoms with van der Waals surface area (Å²) in [5.41, 5.74) is 14.6. The van der Waals surface area contributed by atoms with E-state index < -0.39 is 6.17 Å². The summed E-state index contributed by atoms with van der Waals surface area (Å²) >= 11 is 0. The molecule has 0 heterocycles. The molecular weight excluding hydrogens is 614 g/mol. The van der Waals surface area contributed by atoms with Gasteiger partial charge in [0.05, 0.1) is 29.5 Å². The van der Waals surface area contributed by atoms with Gasteiger partial charge in [0.15, 0.2) is 0 Å². The number of nitrogens with two attached hydrogens (primary N) is 3. The van der Waals surface area contributed by atoms with Crippen LogP contribution in [0.2, 0.25) is 0 Å². The minimum Gasteiger partial charge on any atom is -0.481 e. The fraction of sp³-hybridized carbons (Fsp3) is 0.500. The normalized spacial score (nSPS) is 7.72. The Bertz CT molecular complexity index is 466. The second-order valence-electron chi connectivity index (χ2n) is 7.21. The smallest absolute Gasteiger partial charge is 0.0817 e. The summed E-state index contributed by atoms with van der Waals surface area (Å²) in [5, 5.41) is 0. The summed E-state index contributed by atoms with van der Waals surface area (Å²) < 4.78 is 0. The zero-order valence-corrected chi connectivity index (χ0v) is 25.8. The fourth-order valence-corrected chi connectivity index (χ4v) is 0. The third-order valence-corrected chi connectivity index (χ3v) is 2.72. The van der Waals surface area contributed by atoms with E-state index in [1.54, 1.807) is 70.5 Å². The van der Waals surface area contributed by atoms with Gasteiger partial charge >= 0.3 is 0 Å². The van der Waals surface area contributed by atoms with Crippen molar-refractivity contribution in [2.24, 2.45) is 17.2 Å². The molecule has 0 spiro atoms. The zero-order valence-electron chi connectivity index (χ0n) is 23.6. The summed E-state index contributed by atoms with van der Waals surface area (Å²) in [6.07, 6.45) is -0.463. The molecule has 13 nitrogen and oxygen atoms in total. The van der Waals surface area contributed by atoms with Crippen LogP contribution < -0.4 is 17.2 Å². The minimum absolute atomic E-state index is 0. The van der Waals surface area contributed by atoms with Crippen molar-refractivity contribution < 1.29 is 63.9 Å². The molecule has 0 fully saturated rings. The van der Waals surface area contributed by atoms with Crippen LogP contribution in [0.15, 0.2) is 0 Å². The van der Waals surface area contributed by atoms with E-state index >= 15 is 0 Å². The molecule has 0 bridgehead atoms. The Balaban J connectivity index is -0.0000000558. The Morgan fingerprint density at radius 3 is 0.556 bits per heavy atom. The summed E-state index contributed by atoms with van der Waals surface area (Å²) in [4.78, 5) is 56.9. The fourth-order valence-electron chi connectivity index (χ4n) is 0.